The number of rotatable bonds is 5. The van der Waals surface area contributed by atoms with Gasteiger partial charge in [0.05, 0.1) is 16.8 Å². The zero-order valence-electron chi connectivity index (χ0n) is 10.9. The number of nitrogens with one attached hydrogen (secondary N) is 2. The highest BCUT2D eigenvalue weighted by Gasteiger charge is 2.08. The molecule has 0 aliphatic carbocycles. The fraction of sp³-hybridized carbons (Fsp3) is 0.0769. The second-order valence-electron chi connectivity index (χ2n) is 4.18. The van der Waals surface area contributed by atoms with Crippen molar-refractivity contribution in [1.29, 1.82) is 0 Å². The normalized spacial score (nSPS) is 9.95. The number of carbonyl (C=O) groups is 1. The number of hydrogen-bond donors (Lipinski definition) is 3. The minimum absolute atomic E-state index is 0.0108. The van der Waals surface area contributed by atoms with Crippen LogP contribution in [0.2, 0.25) is 0 Å². The van der Waals surface area contributed by atoms with Crippen molar-refractivity contribution >= 4 is 17.3 Å². The van der Waals surface area contributed by atoms with Gasteiger partial charge in [-0.05, 0) is 17.7 Å². The number of nitrogens with zero attached hydrogens (tertiary/aromatic N) is 2. The number of nitro groups is 1. The van der Waals surface area contributed by atoms with Gasteiger partial charge in [-0.3, -0.25) is 20.8 Å². The van der Waals surface area contributed by atoms with Crippen LogP contribution < -0.4 is 16.6 Å². The fourth-order valence-electron chi connectivity index (χ4n) is 1.62. The first-order chi connectivity index (χ1) is 10.1. The van der Waals surface area contributed by atoms with Gasteiger partial charge in [0, 0.05) is 18.7 Å². The Morgan fingerprint density at radius 1 is 1.24 bits per heavy atom. The number of carbonyl (C=O) groups excluding carboxylic acids is 1. The highest BCUT2D eigenvalue weighted by atomic mass is 16.6. The van der Waals surface area contributed by atoms with Crippen LogP contribution in [-0.4, -0.2) is 15.8 Å². The summed E-state index contributed by atoms with van der Waals surface area (Å²) < 4.78 is 0. The Labute approximate surface area is 120 Å². The zero-order valence-corrected chi connectivity index (χ0v) is 10.9. The third-order valence-corrected chi connectivity index (χ3v) is 2.76. The van der Waals surface area contributed by atoms with E-state index >= 15 is 0 Å². The lowest BCUT2D eigenvalue weighted by molar-refractivity contribution is -0.384. The first kappa shape index (κ1) is 14.4. The maximum absolute atomic E-state index is 11.9. The fourth-order valence-corrected chi connectivity index (χ4v) is 1.62. The van der Waals surface area contributed by atoms with Gasteiger partial charge in [0.15, 0.2) is 0 Å². The number of nitro benzene ring substituents is 1. The van der Waals surface area contributed by atoms with Crippen LogP contribution in [0.3, 0.4) is 0 Å². The van der Waals surface area contributed by atoms with Gasteiger partial charge >= 0.3 is 0 Å². The van der Waals surface area contributed by atoms with Gasteiger partial charge in [-0.2, -0.15) is 0 Å². The van der Waals surface area contributed by atoms with E-state index < -0.39 is 4.92 Å². The molecular formula is C13H13N5O3. The molecule has 8 nitrogen and oxygen atoms in total. The molecule has 0 fully saturated rings. The molecule has 0 spiro atoms. The second kappa shape index (κ2) is 6.44. The average molecular weight is 287 g/mol. The minimum Gasteiger partial charge on any atom is -0.347 e. The Hall–Kier alpha value is -3.00. The molecule has 1 heterocycles. The number of anilines is 1. The van der Waals surface area contributed by atoms with Gasteiger partial charge in [0.25, 0.3) is 11.6 Å². The van der Waals surface area contributed by atoms with E-state index in [2.05, 4.69) is 15.7 Å². The molecule has 2 rings (SSSR count). The molecule has 0 bridgehead atoms. The predicted molar refractivity (Wildman–Crippen MR) is 76.3 cm³/mol. The lowest BCUT2D eigenvalue weighted by Crippen LogP contribution is -2.23. The molecule has 2 aromatic rings. The molecule has 0 unspecified atom stereocenters. The third-order valence-electron chi connectivity index (χ3n) is 2.76. The van der Waals surface area contributed by atoms with E-state index in [1.54, 1.807) is 24.3 Å². The second-order valence-corrected chi connectivity index (χ2v) is 4.18. The van der Waals surface area contributed by atoms with E-state index in [4.69, 9.17) is 5.84 Å². The number of aromatic nitrogens is 1. The summed E-state index contributed by atoms with van der Waals surface area (Å²) in [7, 11) is 0. The van der Waals surface area contributed by atoms with E-state index in [9.17, 15) is 14.9 Å². The standard InChI is InChI=1S/C13H13N5O3/c14-17-10-3-6-12(15-8-10)13(19)16-7-9-1-4-11(5-2-9)18(20)21/h1-6,8,17H,7,14H2,(H,16,19). The Morgan fingerprint density at radius 2 is 1.95 bits per heavy atom. The van der Waals surface area contributed by atoms with Crippen LogP contribution in [0.1, 0.15) is 16.1 Å². The first-order valence-corrected chi connectivity index (χ1v) is 6.04. The lowest BCUT2D eigenvalue weighted by atomic mass is 10.2. The smallest absolute Gasteiger partial charge is 0.270 e. The van der Waals surface area contributed by atoms with Crippen molar-refractivity contribution < 1.29 is 9.72 Å². The van der Waals surface area contributed by atoms with E-state index in [1.165, 1.54) is 18.3 Å². The monoisotopic (exact) mass is 287 g/mol. The molecule has 1 aromatic heterocycles. The van der Waals surface area contributed by atoms with E-state index in [0.717, 1.165) is 5.56 Å². The predicted octanol–water partition coefficient (Wildman–Crippen LogP) is 1.21. The number of non-ortho nitro benzene ring substituents is 1. The number of hydrogen-bond acceptors (Lipinski definition) is 6. The highest BCUT2D eigenvalue weighted by molar-refractivity contribution is 5.92. The molecule has 0 saturated carbocycles. The van der Waals surface area contributed by atoms with E-state index in [1.807, 2.05) is 0 Å². The Morgan fingerprint density at radius 3 is 2.48 bits per heavy atom. The Balaban J connectivity index is 1.95. The molecule has 21 heavy (non-hydrogen) atoms. The van der Waals surface area contributed by atoms with Gasteiger partial charge < -0.3 is 10.7 Å². The van der Waals surface area contributed by atoms with Crippen molar-refractivity contribution in [1.82, 2.24) is 10.3 Å². The molecule has 0 aliphatic rings. The number of nitrogen functional groups attached to an aromatic ring is 1. The van der Waals surface area contributed by atoms with Crippen LogP contribution in [-0.2, 0) is 6.54 Å². The molecular weight excluding hydrogens is 274 g/mol. The molecule has 1 amide bonds. The number of nitrogens with two attached hydrogens (primary N) is 1. The van der Waals surface area contributed by atoms with Crippen LogP contribution in [0, 0.1) is 10.1 Å². The van der Waals surface area contributed by atoms with Crippen molar-refractivity contribution in [3.05, 3.63) is 64.0 Å². The number of benzene rings is 1. The average Bonchev–Trinajstić information content (AvgIpc) is 2.53. The summed E-state index contributed by atoms with van der Waals surface area (Å²) >= 11 is 0. The van der Waals surface area contributed by atoms with Crippen molar-refractivity contribution in [2.45, 2.75) is 6.54 Å². The van der Waals surface area contributed by atoms with E-state index in [0.29, 0.717) is 5.69 Å². The lowest BCUT2D eigenvalue weighted by Gasteiger charge is -2.05. The van der Waals surface area contributed by atoms with Crippen molar-refractivity contribution in [2.75, 3.05) is 5.43 Å². The summed E-state index contributed by atoms with van der Waals surface area (Å²) in [5, 5.41) is 13.2. The first-order valence-electron chi connectivity index (χ1n) is 6.04. The zero-order chi connectivity index (χ0) is 15.2. The molecule has 0 radical (unpaired) electrons. The van der Waals surface area contributed by atoms with Crippen molar-refractivity contribution in [3.8, 4) is 0 Å². The van der Waals surface area contributed by atoms with Gasteiger partial charge in [-0.1, -0.05) is 12.1 Å². The summed E-state index contributed by atoms with van der Waals surface area (Å²) in [5.74, 6) is 4.87. The number of hydrazine groups is 1. The summed E-state index contributed by atoms with van der Waals surface area (Å²) in [6, 6.07) is 9.14. The quantitative estimate of drug-likeness (QED) is 0.431. The van der Waals surface area contributed by atoms with Crippen LogP contribution in [0.4, 0.5) is 11.4 Å². The molecule has 0 aliphatic heterocycles. The maximum Gasteiger partial charge on any atom is 0.270 e. The highest BCUT2D eigenvalue weighted by Crippen LogP contribution is 2.12. The third kappa shape index (κ3) is 3.74. The molecule has 0 atom stereocenters. The van der Waals surface area contributed by atoms with Crippen LogP contribution in [0.5, 0.6) is 0 Å². The van der Waals surface area contributed by atoms with Crippen LogP contribution in [0.15, 0.2) is 42.6 Å². The van der Waals surface area contributed by atoms with E-state index in [-0.39, 0.29) is 23.8 Å². The molecule has 0 saturated heterocycles. The number of pyridine rings is 1. The van der Waals surface area contributed by atoms with Gasteiger partial charge in [0.1, 0.15) is 5.69 Å². The summed E-state index contributed by atoms with van der Waals surface area (Å²) in [5.41, 5.74) is 4.04. The Kier molecular flexibility index (Phi) is 4.42. The summed E-state index contributed by atoms with van der Waals surface area (Å²) in [6.07, 6.45) is 1.45. The topological polar surface area (TPSA) is 123 Å². The Bertz CT molecular complexity index is 640. The largest absolute Gasteiger partial charge is 0.347 e. The molecule has 1 aromatic carbocycles. The summed E-state index contributed by atoms with van der Waals surface area (Å²) in [6.45, 7) is 0.259. The van der Waals surface area contributed by atoms with Gasteiger partial charge in [-0.15, -0.1) is 0 Å². The molecule has 4 N–H and O–H groups in total. The van der Waals surface area contributed by atoms with Gasteiger partial charge in [-0.25, -0.2) is 4.98 Å². The number of amides is 1. The van der Waals surface area contributed by atoms with Crippen molar-refractivity contribution in [3.63, 3.8) is 0 Å². The summed E-state index contributed by atoms with van der Waals surface area (Å²) in [4.78, 5) is 25.9. The van der Waals surface area contributed by atoms with Gasteiger partial charge in [0.2, 0.25) is 0 Å². The SMILES string of the molecule is NNc1ccc(C(=O)NCc2ccc([N+](=O)[O-])cc2)nc1. The minimum atomic E-state index is -0.473. The van der Waals surface area contributed by atoms with Crippen LogP contribution >= 0.6 is 0 Å². The molecule has 8 heteroatoms. The van der Waals surface area contributed by atoms with Crippen LogP contribution in [0.25, 0.3) is 0 Å². The van der Waals surface area contributed by atoms with Crippen molar-refractivity contribution in [2.24, 2.45) is 5.84 Å². The molecule has 108 valence electrons. The maximum atomic E-state index is 11.9.